The highest BCUT2D eigenvalue weighted by atomic mass is 19.1. The molecule has 4 aromatic rings. The number of piperidine rings is 1. The van der Waals surface area contributed by atoms with Crippen molar-refractivity contribution in [2.75, 3.05) is 19.8 Å². The molecule has 0 amide bonds. The number of hydrogen-bond acceptors (Lipinski definition) is 6. The molecule has 1 atom stereocenters. The van der Waals surface area contributed by atoms with Crippen molar-refractivity contribution in [3.8, 4) is 11.8 Å². The predicted molar refractivity (Wildman–Crippen MR) is 158 cm³/mol. The number of carbonyl (C=O) groups excluding carboxylic acids is 1. The zero-order chi connectivity index (χ0) is 30.4. The van der Waals surface area contributed by atoms with Crippen LogP contribution in [0.1, 0.15) is 76.3 Å². The largest absolute Gasteiger partial charge is 0.480 e. The Bertz CT molecular complexity index is 1830. The normalized spacial score (nSPS) is 19.6. The number of benzene rings is 2. The smallest absolute Gasteiger partial charge is 0.168 e. The number of hydrogen-bond donors (Lipinski definition) is 0. The molecule has 1 unspecified atom stereocenters. The van der Waals surface area contributed by atoms with E-state index in [1.807, 2.05) is 22.8 Å². The van der Waals surface area contributed by atoms with Gasteiger partial charge in [-0.1, -0.05) is 18.2 Å². The number of fused-ring (bicyclic) bond motifs is 2. The molecule has 1 saturated heterocycles. The van der Waals surface area contributed by atoms with Crippen LogP contribution in [0.5, 0.6) is 5.75 Å². The third kappa shape index (κ3) is 5.15. The highest BCUT2D eigenvalue weighted by molar-refractivity contribution is 5.79. The first-order valence-electron chi connectivity index (χ1n) is 14.9. The molecular weight excluding hydrogens is 567 g/mol. The Hall–Kier alpha value is -4.49. The molecular formula is C34H30F3N5O2. The number of carbonyl (C=O) groups is 1. The fraction of sp³-hybridized carbons (Fsp3) is 0.353. The van der Waals surface area contributed by atoms with Crippen molar-refractivity contribution in [3.05, 3.63) is 94.2 Å². The lowest BCUT2D eigenvalue weighted by Crippen LogP contribution is -2.34. The average molecular weight is 598 g/mol. The summed E-state index contributed by atoms with van der Waals surface area (Å²) in [5, 5.41) is 9.09. The van der Waals surface area contributed by atoms with E-state index in [0.717, 1.165) is 56.2 Å². The van der Waals surface area contributed by atoms with Crippen LogP contribution < -0.4 is 4.74 Å². The summed E-state index contributed by atoms with van der Waals surface area (Å²) in [6.07, 6.45) is 4.26. The summed E-state index contributed by atoms with van der Waals surface area (Å²) in [7, 11) is 0. The Kier molecular flexibility index (Phi) is 7.21. The number of nitriles is 1. The minimum Gasteiger partial charge on any atom is -0.480 e. The molecule has 0 spiro atoms. The van der Waals surface area contributed by atoms with Gasteiger partial charge in [0, 0.05) is 17.5 Å². The molecule has 0 bridgehead atoms. The summed E-state index contributed by atoms with van der Waals surface area (Å²) in [6.45, 7) is 2.15. The number of para-hydroxylation sites is 1. The van der Waals surface area contributed by atoms with Gasteiger partial charge in [-0.3, -0.25) is 14.1 Å². The van der Waals surface area contributed by atoms with E-state index < -0.39 is 24.4 Å². The van der Waals surface area contributed by atoms with E-state index in [-0.39, 0.29) is 22.5 Å². The maximum Gasteiger partial charge on any atom is 0.168 e. The van der Waals surface area contributed by atoms with Crippen LogP contribution in [-0.4, -0.2) is 45.5 Å². The third-order valence-corrected chi connectivity index (χ3v) is 9.22. The molecule has 3 aliphatic rings. The maximum atomic E-state index is 15.3. The van der Waals surface area contributed by atoms with Crippen LogP contribution in [0, 0.1) is 22.6 Å². The minimum atomic E-state index is -0.947. The zero-order valence-electron chi connectivity index (χ0n) is 24.0. The van der Waals surface area contributed by atoms with Gasteiger partial charge in [-0.2, -0.15) is 5.26 Å². The van der Waals surface area contributed by atoms with Crippen LogP contribution in [0.3, 0.4) is 0 Å². The Morgan fingerprint density at radius 2 is 1.89 bits per heavy atom. The van der Waals surface area contributed by atoms with Crippen molar-refractivity contribution < 1.29 is 22.7 Å². The Balaban J connectivity index is 1.10. The van der Waals surface area contributed by atoms with Crippen molar-refractivity contribution in [2.45, 2.75) is 50.8 Å². The van der Waals surface area contributed by atoms with E-state index >= 15 is 4.39 Å². The van der Waals surface area contributed by atoms with Crippen molar-refractivity contribution in [1.82, 2.24) is 19.4 Å². The van der Waals surface area contributed by atoms with E-state index in [2.05, 4.69) is 9.88 Å². The number of aromatic nitrogens is 3. The number of pyridine rings is 1. The van der Waals surface area contributed by atoms with E-state index in [1.54, 1.807) is 18.2 Å². The highest BCUT2D eigenvalue weighted by Gasteiger charge is 2.44. The summed E-state index contributed by atoms with van der Waals surface area (Å²) in [5.41, 5.74) is 2.83. The topological polar surface area (TPSA) is 84.0 Å². The van der Waals surface area contributed by atoms with Gasteiger partial charge in [0.15, 0.2) is 11.9 Å². The Morgan fingerprint density at radius 1 is 1.07 bits per heavy atom. The van der Waals surface area contributed by atoms with Gasteiger partial charge in [-0.15, -0.1) is 0 Å². The van der Waals surface area contributed by atoms with E-state index in [4.69, 9.17) is 15.0 Å². The molecule has 4 heterocycles. The van der Waals surface area contributed by atoms with Crippen molar-refractivity contribution in [3.63, 3.8) is 0 Å². The van der Waals surface area contributed by atoms with Crippen molar-refractivity contribution >= 4 is 23.3 Å². The lowest BCUT2D eigenvalue weighted by molar-refractivity contribution is 0.111. The molecule has 2 aromatic carbocycles. The minimum absolute atomic E-state index is 0.107. The van der Waals surface area contributed by atoms with Gasteiger partial charge in [0.05, 0.1) is 30.4 Å². The summed E-state index contributed by atoms with van der Waals surface area (Å²) in [6, 6.07) is 14.9. The monoisotopic (exact) mass is 597 g/mol. The molecule has 2 aromatic heterocycles. The second-order valence-electron chi connectivity index (χ2n) is 12.1. The van der Waals surface area contributed by atoms with Crippen LogP contribution >= 0.6 is 0 Å². The van der Waals surface area contributed by atoms with Gasteiger partial charge < -0.3 is 9.30 Å². The first-order chi connectivity index (χ1) is 21.4. The zero-order valence-corrected chi connectivity index (χ0v) is 24.0. The van der Waals surface area contributed by atoms with Crippen LogP contribution in [-0.2, 0) is 13.1 Å². The number of aldehydes is 1. The van der Waals surface area contributed by atoms with Crippen LogP contribution in [0.4, 0.5) is 13.2 Å². The third-order valence-electron chi connectivity index (χ3n) is 9.22. The predicted octanol–water partition coefficient (Wildman–Crippen LogP) is 6.83. The number of alkyl halides is 1. The van der Waals surface area contributed by atoms with Gasteiger partial charge in [0.25, 0.3) is 0 Å². The summed E-state index contributed by atoms with van der Waals surface area (Å²) >= 11 is 0. The number of nitrogens with zero attached hydrogens (tertiary/aromatic N) is 5. The van der Waals surface area contributed by atoms with Crippen molar-refractivity contribution in [2.24, 2.45) is 5.41 Å². The summed E-state index contributed by atoms with van der Waals surface area (Å²) in [5.74, 6) is 0.255. The molecule has 1 aliphatic carbocycles. The number of halogens is 3. The highest BCUT2D eigenvalue weighted by Crippen LogP contribution is 2.48. The second-order valence-corrected chi connectivity index (χ2v) is 12.1. The van der Waals surface area contributed by atoms with Crippen LogP contribution in [0.2, 0.25) is 0 Å². The van der Waals surface area contributed by atoms with E-state index in [9.17, 15) is 13.6 Å². The molecule has 0 radical (unpaired) electrons. The number of rotatable bonds is 8. The van der Waals surface area contributed by atoms with E-state index in [0.29, 0.717) is 47.5 Å². The van der Waals surface area contributed by atoms with Crippen LogP contribution in [0.15, 0.2) is 54.6 Å². The lowest BCUT2D eigenvalue weighted by Gasteiger charge is -2.34. The Morgan fingerprint density at radius 3 is 2.59 bits per heavy atom. The van der Waals surface area contributed by atoms with Gasteiger partial charge >= 0.3 is 0 Å². The second kappa shape index (κ2) is 11.2. The maximum absolute atomic E-state index is 15.3. The summed E-state index contributed by atoms with van der Waals surface area (Å²) in [4.78, 5) is 23.0. The van der Waals surface area contributed by atoms with Crippen molar-refractivity contribution in [1.29, 1.82) is 5.26 Å². The molecule has 2 fully saturated rings. The standard InChI is InChI=1S/C34H30F3N5O2/c35-19-34(10-11-34)20-42-31(40-29-7-5-23(18-43)39-33(29)42)17-41-12-8-22(9-13-41)24-2-1-3-26-28(37)15-30(44-32(24)26)25-6-4-21(16-38)14-27(25)36/h1-7,14-15,18,22,30H,8-13,17,19-20H2. The molecule has 7 nitrogen and oxygen atoms in total. The fourth-order valence-electron chi connectivity index (χ4n) is 6.42. The van der Waals surface area contributed by atoms with Gasteiger partial charge in [0.2, 0.25) is 0 Å². The molecule has 10 heteroatoms. The molecule has 44 heavy (non-hydrogen) atoms. The summed E-state index contributed by atoms with van der Waals surface area (Å²) < 4.78 is 52.3. The SMILES string of the molecule is N#Cc1ccc(C2C=C(F)c3cccc(C4CCN(Cc5nc6ccc(C=O)nc6n5CC5(CF)CC5)CC4)c3O2)c(F)c1. The number of ether oxygens (including phenoxy) is 1. The van der Waals surface area contributed by atoms with E-state index in [1.165, 1.54) is 18.2 Å². The quantitative estimate of drug-likeness (QED) is 0.207. The Labute approximate surface area is 252 Å². The first kappa shape index (κ1) is 28.3. The van der Waals surface area contributed by atoms with Gasteiger partial charge in [-0.05, 0) is 86.7 Å². The number of imidazole rings is 1. The van der Waals surface area contributed by atoms with Gasteiger partial charge in [0.1, 0.15) is 40.5 Å². The van der Waals surface area contributed by atoms with Gasteiger partial charge in [-0.25, -0.2) is 18.7 Å². The first-order valence-corrected chi connectivity index (χ1v) is 14.9. The molecule has 0 N–H and O–H groups in total. The lowest BCUT2D eigenvalue weighted by atomic mass is 9.86. The molecule has 224 valence electrons. The average Bonchev–Trinajstić information content (AvgIpc) is 3.76. The number of likely N-dealkylation sites (tertiary alicyclic amines) is 1. The fourth-order valence-corrected chi connectivity index (χ4v) is 6.42. The van der Waals surface area contributed by atoms with Crippen LogP contribution in [0.25, 0.3) is 17.0 Å². The molecule has 1 saturated carbocycles. The molecule has 7 rings (SSSR count). The molecule has 2 aliphatic heterocycles.